The molecule has 4 nitrogen and oxygen atoms in total. The van der Waals surface area contributed by atoms with Gasteiger partial charge in [0.05, 0.1) is 12.1 Å². The molecule has 0 fully saturated rings. The molecular weight excluding hydrogens is 356 g/mol. The molecule has 0 aliphatic carbocycles. The van der Waals surface area contributed by atoms with Gasteiger partial charge >= 0.3 is 0 Å². The van der Waals surface area contributed by atoms with Crippen LogP contribution in [0.4, 0.5) is 5.13 Å². The first kappa shape index (κ1) is 17.2. The van der Waals surface area contributed by atoms with E-state index in [1.54, 1.807) is 0 Å². The summed E-state index contributed by atoms with van der Waals surface area (Å²) in [6.07, 6.45) is 0.337. The molecule has 1 heterocycles. The Balaban J connectivity index is 1.34. The molecule has 1 N–H and O–H groups in total. The van der Waals surface area contributed by atoms with Gasteiger partial charge in [-0.25, -0.2) is 4.98 Å². The predicted molar refractivity (Wildman–Crippen MR) is 109 cm³/mol. The summed E-state index contributed by atoms with van der Waals surface area (Å²) in [4.78, 5) is 16.6. The van der Waals surface area contributed by atoms with E-state index in [0.717, 1.165) is 22.4 Å². The number of hydrogen-bond acceptors (Lipinski definition) is 4. The van der Waals surface area contributed by atoms with Gasteiger partial charge in [-0.3, -0.25) is 4.79 Å². The van der Waals surface area contributed by atoms with Gasteiger partial charge in [0.1, 0.15) is 12.4 Å². The van der Waals surface area contributed by atoms with Crippen LogP contribution in [0, 0.1) is 0 Å². The van der Waals surface area contributed by atoms with E-state index in [1.165, 1.54) is 16.7 Å². The Kier molecular flexibility index (Phi) is 5.12. The van der Waals surface area contributed by atoms with Gasteiger partial charge < -0.3 is 10.1 Å². The van der Waals surface area contributed by atoms with Crippen molar-refractivity contribution in [2.45, 2.75) is 13.0 Å². The number of hydrogen-bond donors (Lipinski definition) is 1. The molecular formula is C22H18N2O2S. The van der Waals surface area contributed by atoms with Crippen molar-refractivity contribution in [3.8, 4) is 5.75 Å². The fourth-order valence-electron chi connectivity index (χ4n) is 2.79. The minimum atomic E-state index is -0.0717. The van der Waals surface area contributed by atoms with Crippen LogP contribution in [0.2, 0.25) is 0 Å². The molecule has 5 heteroatoms. The van der Waals surface area contributed by atoms with E-state index in [1.807, 2.05) is 66.0 Å². The van der Waals surface area contributed by atoms with Crippen LogP contribution in [0.15, 0.2) is 78.2 Å². The van der Waals surface area contributed by atoms with Crippen molar-refractivity contribution < 1.29 is 9.53 Å². The Hall–Kier alpha value is -3.18. The SMILES string of the molecule is O=C(Cc1ccccc1)Nc1nc(COc2ccc3ccccc3c2)cs1. The lowest BCUT2D eigenvalue weighted by molar-refractivity contribution is -0.115. The number of benzene rings is 3. The summed E-state index contributed by atoms with van der Waals surface area (Å²) < 4.78 is 5.85. The minimum Gasteiger partial charge on any atom is -0.487 e. The van der Waals surface area contributed by atoms with Gasteiger partial charge in [0.15, 0.2) is 5.13 Å². The zero-order valence-corrected chi connectivity index (χ0v) is 15.4. The fourth-order valence-corrected chi connectivity index (χ4v) is 3.50. The second kappa shape index (κ2) is 8.01. The summed E-state index contributed by atoms with van der Waals surface area (Å²) >= 11 is 1.40. The number of nitrogens with zero attached hydrogens (tertiary/aromatic N) is 1. The Morgan fingerprint density at radius 3 is 2.59 bits per heavy atom. The van der Waals surface area contributed by atoms with Gasteiger partial charge in [0, 0.05) is 5.38 Å². The summed E-state index contributed by atoms with van der Waals surface area (Å²) in [5.74, 6) is 0.730. The number of thiazole rings is 1. The minimum absolute atomic E-state index is 0.0717. The molecule has 0 saturated carbocycles. The number of carbonyl (C=O) groups excluding carboxylic acids is 1. The van der Waals surface area contributed by atoms with Gasteiger partial charge in [-0.1, -0.05) is 60.7 Å². The molecule has 27 heavy (non-hydrogen) atoms. The molecule has 0 bridgehead atoms. The van der Waals surface area contributed by atoms with Crippen molar-refractivity contribution >= 4 is 33.1 Å². The van der Waals surface area contributed by atoms with E-state index in [9.17, 15) is 4.79 Å². The van der Waals surface area contributed by atoms with Crippen LogP contribution in [0.3, 0.4) is 0 Å². The Morgan fingerprint density at radius 2 is 1.74 bits per heavy atom. The predicted octanol–water partition coefficient (Wildman–Crippen LogP) is 5.06. The summed E-state index contributed by atoms with van der Waals surface area (Å²) in [7, 11) is 0. The van der Waals surface area contributed by atoms with E-state index < -0.39 is 0 Å². The largest absolute Gasteiger partial charge is 0.487 e. The van der Waals surface area contributed by atoms with Crippen LogP contribution in [0.25, 0.3) is 10.8 Å². The molecule has 0 atom stereocenters. The van der Waals surface area contributed by atoms with Crippen LogP contribution in [0.1, 0.15) is 11.3 Å². The van der Waals surface area contributed by atoms with Crippen molar-refractivity contribution in [3.63, 3.8) is 0 Å². The molecule has 0 aliphatic rings. The molecule has 0 aliphatic heterocycles. The monoisotopic (exact) mass is 374 g/mol. The van der Waals surface area contributed by atoms with Crippen LogP contribution in [0.5, 0.6) is 5.75 Å². The third kappa shape index (κ3) is 4.51. The van der Waals surface area contributed by atoms with E-state index in [2.05, 4.69) is 22.4 Å². The molecule has 1 amide bonds. The normalized spacial score (nSPS) is 10.7. The summed E-state index contributed by atoms with van der Waals surface area (Å²) in [6.45, 7) is 0.364. The highest BCUT2D eigenvalue weighted by atomic mass is 32.1. The maximum Gasteiger partial charge on any atom is 0.230 e. The lowest BCUT2D eigenvalue weighted by Crippen LogP contribution is -2.14. The molecule has 0 unspecified atom stereocenters. The van der Waals surface area contributed by atoms with E-state index in [4.69, 9.17) is 4.74 Å². The van der Waals surface area contributed by atoms with Crippen molar-refractivity contribution in [3.05, 3.63) is 89.4 Å². The van der Waals surface area contributed by atoms with Gasteiger partial charge in [-0.15, -0.1) is 11.3 Å². The number of aromatic nitrogens is 1. The number of anilines is 1. The third-order valence-electron chi connectivity index (χ3n) is 4.11. The number of fused-ring (bicyclic) bond motifs is 1. The Morgan fingerprint density at radius 1 is 0.963 bits per heavy atom. The lowest BCUT2D eigenvalue weighted by atomic mass is 10.1. The molecule has 4 rings (SSSR count). The van der Waals surface area contributed by atoms with Gasteiger partial charge in [0.25, 0.3) is 0 Å². The summed E-state index contributed by atoms with van der Waals surface area (Å²) in [5.41, 5.74) is 1.77. The third-order valence-corrected chi connectivity index (χ3v) is 4.92. The van der Waals surface area contributed by atoms with E-state index in [0.29, 0.717) is 18.2 Å². The molecule has 0 spiro atoms. The standard InChI is InChI=1S/C22H18N2O2S/c25-21(12-16-6-2-1-3-7-16)24-22-23-19(15-27-22)14-26-20-11-10-17-8-4-5-9-18(17)13-20/h1-11,13,15H,12,14H2,(H,23,24,25). The van der Waals surface area contributed by atoms with Crippen molar-refractivity contribution in [1.29, 1.82) is 0 Å². The summed E-state index contributed by atoms with van der Waals surface area (Å²) in [5, 5.41) is 7.66. The fraction of sp³-hybridized carbons (Fsp3) is 0.0909. The van der Waals surface area contributed by atoms with Crippen LogP contribution in [-0.4, -0.2) is 10.9 Å². The maximum atomic E-state index is 12.1. The number of rotatable bonds is 6. The lowest BCUT2D eigenvalue weighted by Gasteiger charge is -2.06. The Labute approximate surface area is 161 Å². The number of amides is 1. The molecule has 0 radical (unpaired) electrons. The van der Waals surface area contributed by atoms with Crippen LogP contribution >= 0.6 is 11.3 Å². The summed E-state index contributed by atoms with van der Waals surface area (Å²) in [6, 6.07) is 23.8. The van der Waals surface area contributed by atoms with E-state index >= 15 is 0 Å². The zero-order valence-electron chi connectivity index (χ0n) is 14.6. The van der Waals surface area contributed by atoms with Gasteiger partial charge in [-0.05, 0) is 28.5 Å². The van der Waals surface area contributed by atoms with Crippen molar-refractivity contribution in [1.82, 2.24) is 4.98 Å². The average Bonchev–Trinajstić information content (AvgIpc) is 3.14. The van der Waals surface area contributed by atoms with Crippen LogP contribution in [-0.2, 0) is 17.8 Å². The first-order valence-electron chi connectivity index (χ1n) is 8.66. The molecule has 1 aromatic heterocycles. The molecule has 134 valence electrons. The second-order valence-electron chi connectivity index (χ2n) is 6.15. The molecule has 4 aromatic rings. The van der Waals surface area contributed by atoms with Gasteiger partial charge in [-0.2, -0.15) is 0 Å². The zero-order chi connectivity index (χ0) is 18.5. The van der Waals surface area contributed by atoms with E-state index in [-0.39, 0.29) is 5.91 Å². The Bertz CT molecular complexity index is 1060. The second-order valence-corrected chi connectivity index (χ2v) is 7.01. The number of ether oxygens (including phenoxy) is 1. The average molecular weight is 374 g/mol. The quantitative estimate of drug-likeness (QED) is 0.513. The molecule has 0 saturated heterocycles. The first-order valence-corrected chi connectivity index (χ1v) is 9.54. The van der Waals surface area contributed by atoms with Crippen molar-refractivity contribution in [2.24, 2.45) is 0 Å². The highest BCUT2D eigenvalue weighted by Gasteiger charge is 2.08. The number of nitrogens with one attached hydrogen (secondary N) is 1. The number of carbonyl (C=O) groups is 1. The van der Waals surface area contributed by atoms with Crippen LogP contribution < -0.4 is 10.1 Å². The van der Waals surface area contributed by atoms with Gasteiger partial charge in [0.2, 0.25) is 5.91 Å². The first-order chi connectivity index (χ1) is 13.3. The molecule has 3 aromatic carbocycles. The highest BCUT2D eigenvalue weighted by molar-refractivity contribution is 7.13. The van der Waals surface area contributed by atoms with Crippen molar-refractivity contribution in [2.75, 3.05) is 5.32 Å². The maximum absolute atomic E-state index is 12.1. The topological polar surface area (TPSA) is 51.2 Å². The highest BCUT2D eigenvalue weighted by Crippen LogP contribution is 2.22. The smallest absolute Gasteiger partial charge is 0.230 e.